The molecule has 0 saturated carbocycles. The molecule has 0 unspecified atom stereocenters. The first-order chi connectivity index (χ1) is 18.7. The molecule has 7 nitrogen and oxygen atoms in total. The average Bonchev–Trinajstić information content (AvgIpc) is 3.40. The molecule has 5 rings (SSSR count). The van der Waals surface area contributed by atoms with Gasteiger partial charge in [-0.3, -0.25) is 9.59 Å². The van der Waals surface area contributed by atoms with E-state index >= 15 is 0 Å². The number of hydrogen-bond donors (Lipinski definition) is 2. The molecular weight excluding hydrogens is 526 g/mol. The molecule has 39 heavy (non-hydrogen) atoms. The van der Waals surface area contributed by atoms with E-state index in [2.05, 4.69) is 10.3 Å². The lowest BCUT2D eigenvalue weighted by Gasteiger charge is -2.31. The summed E-state index contributed by atoms with van der Waals surface area (Å²) in [4.78, 5) is 30.5. The number of likely N-dealkylation sites (tertiary alicyclic amines) is 1. The van der Waals surface area contributed by atoms with Crippen molar-refractivity contribution in [3.8, 4) is 11.3 Å². The summed E-state index contributed by atoms with van der Waals surface area (Å²) in [6.45, 7) is 0.241. The van der Waals surface area contributed by atoms with Crippen LogP contribution in [0, 0.1) is 0 Å². The number of anilines is 1. The summed E-state index contributed by atoms with van der Waals surface area (Å²) in [5, 5.41) is 4.69. The van der Waals surface area contributed by atoms with Crippen LogP contribution in [0.2, 0.25) is 5.02 Å². The fraction of sp³-hybridized carbons (Fsp3) is 0.207. The minimum absolute atomic E-state index is 0.0290. The molecule has 3 N–H and O–H groups in total. The number of amides is 2. The number of rotatable bonds is 6. The van der Waals surface area contributed by atoms with E-state index in [1.54, 1.807) is 60.8 Å². The van der Waals surface area contributed by atoms with Gasteiger partial charge in [-0.15, -0.1) is 0 Å². The largest absolute Gasteiger partial charge is 0.459 e. The predicted molar refractivity (Wildman–Crippen MR) is 146 cm³/mol. The highest BCUT2D eigenvalue weighted by Gasteiger charge is 2.35. The molecule has 1 saturated heterocycles. The van der Waals surface area contributed by atoms with Crippen LogP contribution in [0.3, 0.4) is 0 Å². The molecule has 10 heteroatoms. The number of fused-ring (bicyclic) bond motifs is 1. The first-order valence-electron chi connectivity index (χ1n) is 12.3. The lowest BCUT2D eigenvalue weighted by Crippen LogP contribution is -2.42. The van der Waals surface area contributed by atoms with Crippen molar-refractivity contribution >= 4 is 46.1 Å². The van der Waals surface area contributed by atoms with Crippen molar-refractivity contribution in [3.63, 3.8) is 0 Å². The molecule has 2 aromatic carbocycles. The fourth-order valence-electron chi connectivity index (χ4n) is 4.37. The van der Waals surface area contributed by atoms with Crippen molar-refractivity contribution in [2.24, 2.45) is 0 Å². The molecule has 1 fully saturated rings. The summed E-state index contributed by atoms with van der Waals surface area (Å²) in [7, 11) is 0. The van der Waals surface area contributed by atoms with Gasteiger partial charge >= 0.3 is 0 Å². The van der Waals surface area contributed by atoms with Gasteiger partial charge < -0.3 is 20.4 Å². The molecule has 2 aromatic heterocycles. The number of benzene rings is 2. The van der Waals surface area contributed by atoms with Crippen molar-refractivity contribution in [3.05, 3.63) is 88.8 Å². The lowest BCUT2D eigenvalue weighted by molar-refractivity contribution is -0.116. The third-order valence-electron chi connectivity index (χ3n) is 6.58. The highest BCUT2D eigenvalue weighted by Crippen LogP contribution is 2.36. The molecule has 1 aliphatic heterocycles. The van der Waals surface area contributed by atoms with E-state index in [4.69, 9.17) is 21.8 Å². The summed E-state index contributed by atoms with van der Waals surface area (Å²) in [5.74, 6) is -1.80. The topological polar surface area (TPSA) is 101 Å². The van der Waals surface area contributed by atoms with Crippen LogP contribution < -0.4 is 11.1 Å². The zero-order valence-electron chi connectivity index (χ0n) is 20.8. The first kappa shape index (κ1) is 26.4. The molecule has 2 amide bonds. The van der Waals surface area contributed by atoms with Gasteiger partial charge in [0.25, 0.3) is 11.8 Å². The van der Waals surface area contributed by atoms with Gasteiger partial charge in [0, 0.05) is 54.7 Å². The van der Waals surface area contributed by atoms with Gasteiger partial charge in [-0.25, -0.2) is 13.8 Å². The van der Waals surface area contributed by atoms with Crippen LogP contribution in [0.15, 0.2) is 71.3 Å². The molecular formula is C29H25ClF2N4O3. The Labute approximate surface area is 228 Å². The average molecular weight is 551 g/mol. The third-order valence-corrected chi connectivity index (χ3v) is 6.99. The highest BCUT2D eigenvalue weighted by atomic mass is 35.5. The second kappa shape index (κ2) is 10.9. The normalized spacial score (nSPS) is 15.1. The quantitative estimate of drug-likeness (QED) is 0.290. The molecule has 0 atom stereocenters. The zero-order valence-corrected chi connectivity index (χ0v) is 21.6. The minimum Gasteiger partial charge on any atom is -0.459 e. The zero-order chi connectivity index (χ0) is 27.6. The summed E-state index contributed by atoms with van der Waals surface area (Å²) in [6.07, 6.45) is 3.95. The van der Waals surface area contributed by atoms with Gasteiger partial charge in [0.05, 0.1) is 11.6 Å². The molecule has 0 aliphatic carbocycles. The number of nitrogens with two attached hydrogens (primary N) is 1. The van der Waals surface area contributed by atoms with Crippen LogP contribution in [0.5, 0.6) is 0 Å². The summed E-state index contributed by atoms with van der Waals surface area (Å²) >= 11 is 6.70. The molecule has 0 spiro atoms. The maximum absolute atomic E-state index is 13.5. The van der Waals surface area contributed by atoms with Gasteiger partial charge in [0.1, 0.15) is 17.3 Å². The monoisotopic (exact) mass is 550 g/mol. The van der Waals surface area contributed by atoms with Crippen molar-refractivity contribution in [2.45, 2.75) is 25.3 Å². The smallest absolute Gasteiger partial charge is 0.253 e. The number of hydrogen-bond acceptors (Lipinski definition) is 5. The van der Waals surface area contributed by atoms with Crippen molar-refractivity contribution < 1.29 is 22.8 Å². The molecule has 0 radical (unpaired) electrons. The Balaban J connectivity index is 1.25. The van der Waals surface area contributed by atoms with Crippen molar-refractivity contribution in [1.29, 1.82) is 0 Å². The first-order valence-corrected chi connectivity index (χ1v) is 12.7. The number of halogens is 3. The van der Waals surface area contributed by atoms with Gasteiger partial charge in [-0.2, -0.15) is 0 Å². The van der Waals surface area contributed by atoms with Gasteiger partial charge in [0.15, 0.2) is 0 Å². The molecule has 200 valence electrons. The number of piperidine rings is 1. The number of nitrogens with one attached hydrogen (secondary N) is 1. The Kier molecular flexibility index (Phi) is 7.34. The third kappa shape index (κ3) is 6.09. The maximum atomic E-state index is 13.5. The molecule has 1 aliphatic rings. The van der Waals surface area contributed by atoms with Crippen LogP contribution >= 0.6 is 11.6 Å². The number of alkyl halides is 2. The van der Waals surface area contributed by atoms with Crippen molar-refractivity contribution in [2.75, 3.05) is 18.8 Å². The molecule has 0 bridgehead atoms. The van der Waals surface area contributed by atoms with Crippen LogP contribution in [0.4, 0.5) is 14.6 Å². The van der Waals surface area contributed by atoms with Crippen molar-refractivity contribution in [1.82, 2.24) is 15.2 Å². The van der Waals surface area contributed by atoms with Gasteiger partial charge in [-0.05, 0) is 59.5 Å². The second-order valence-corrected chi connectivity index (χ2v) is 9.72. The number of furan rings is 1. The SMILES string of the molecule is Nc1ccc(C=CC(=O)NCc2ccc(-c3ccc4cc(C(=O)N5CCC(F)(F)CC5)ccc4c3Cl)o2)cn1. The number of nitrogen functional groups attached to an aromatic ring is 1. The Morgan fingerprint density at radius 2 is 1.90 bits per heavy atom. The van der Waals surface area contributed by atoms with E-state index in [9.17, 15) is 18.4 Å². The van der Waals surface area contributed by atoms with Crippen LogP contribution in [0.25, 0.3) is 28.2 Å². The van der Waals surface area contributed by atoms with E-state index in [0.717, 1.165) is 16.3 Å². The Morgan fingerprint density at radius 3 is 2.64 bits per heavy atom. The number of carbonyl (C=O) groups is 2. The molecule has 4 aromatic rings. The number of aromatic nitrogens is 1. The highest BCUT2D eigenvalue weighted by molar-refractivity contribution is 6.38. The van der Waals surface area contributed by atoms with E-state index in [1.165, 1.54) is 11.0 Å². The summed E-state index contributed by atoms with van der Waals surface area (Å²) in [5.41, 5.74) is 7.39. The Bertz CT molecular complexity index is 1560. The van der Waals surface area contributed by atoms with Gasteiger partial charge in [0.2, 0.25) is 5.91 Å². The Hall–Kier alpha value is -4.24. The summed E-state index contributed by atoms with van der Waals surface area (Å²) in [6, 6.07) is 15.7. The minimum atomic E-state index is -2.71. The number of pyridine rings is 1. The van der Waals surface area contributed by atoms with Crippen LogP contribution in [-0.4, -0.2) is 40.7 Å². The van der Waals surface area contributed by atoms with E-state index < -0.39 is 5.92 Å². The van der Waals surface area contributed by atoms with E-state index in [0.29, 0.717) is 33.5 Å². The molecule has 3 heterocycles. The fourth-order valence-corrected chi connectivity index (χ4v) is 4.70. The standard InChI is InChI=1S/C29H25ClF2N4O3/c30-27-22-6-4-20(28(38)36-13-11-29(31,32)12-14-36)15-19(22)3-7-23(27)24-8-5-21(39-24)17-35-26(37)10-2-18-1-9-25(33)34-16-18/h1-10,15-16H,11-14,17H2,(H2,33,34)(H,35,37). The van der Waals surface area contributed by atoms with Gasteiger partial charge in [-0.1, -0.05) is 23.7 Å². The number of nitrogens with zero attached hydrogens (tertiary/aromatic N) is 2. The lowest BCUT2D eigenvalue weighted by atomic mass is 10.0. The van der Waals surface area contributed by atoms with E-state index in [-0.39, 0.29) is 44.3 Å². The van der Waals surface area contributed by atoms with Crippen LogP contribution in [-0.2, 0) is 11.3 Å². The predicted octanol–water partition coefficient (Wildman–Crippen LogP) is 5.93. The maximum Gasteiger partial charge on any atom is 0.253 e. The van der Waals surface area contributed by atoms with E-state index in [1.807, 2.05) is 6.07 Å². The van der Waals surface area contributed by atoms with Crippen LogP contribution in [0.1, 0.15) is 34.5 Å². The second-order valence-electron chi connectivity index (χ2n) is 9.34. The summed E-state index contributed by atoms with van der Waals surface area (Å²) < 4.78 is 32.8. The Morgan fingerprint density at radius 1 is 1.10 bits per heavy atom. The number of carbonyl (C=O) groups excluding carboxylic acids is 2.